The number of hydrazone groups is 1. The molecule has 2 N–H and O–H groups in total. The highest BCUT2D eigenvalue weighted by molar-refractivity contribution is 6.36. The predicted octanol–water partition coefficient (Wildman–Crippen LogP) is 4.08. The van der Waals surface area contributed by atoms with Crippen molar-refractivity contribution >= 4 is 35.3 Å². The van der Waals surface area contributed by atoms with Gasteiger partial charge in [-0.05, 0) is 60.9 Å². The summed E-state index contributed by atoms with van der Waals surface area (Å²) < 4.78 is 0. The molecule has 4 nitrogen and oxygen atoms in total. The minimum absolute atomic E-state index is 0.258. The van der Waals surface area contributed by atoms with Crippen molar-refractivity contribution < 1.29 is 9.90 Å². The fraction of sp³-hybridized carbons (Fsp3) is 0.125. The number of halogens is 2. The van der Waals surface area contributed by atoms with Gasteiger partial charge in [-0.3, -0.25) is 4.79 Å². The van der Waals surface area contributed by atoms with Crippen molar-refractivity contribution in [2.45, 2.75) is 13.8 Å². The maximum absolute atomic E-state index is 12.0. The first-order chi connectivity index (χ1) is 10.4. The van der Waals surface area contributed by atoms with Gasteiger partial charge >= 0.3 is 0 Å². The van der Waals surface area contributed by atoms with Gasteiger partial charge in [-0.15, -0.1) is 0 Å². The summed E-state index contributed by atoms with van der Waals surface area (Å²) in [6, 6.07) is 8.15. The standard InChI is InChI=1S/C16H14Cl2N2O2/c1-9-5-11(6-10(2)15(9)21)8-19-20-16(22)13-4-3-12(17)7-14(13)18/h3-8,21H,1-2H3,(H,20,22)/b19-8+. The third-order valence-electron chi connectivity index (χ3n) is 3.07. The fourth-order valence-electron chi connectivity index (χ4n) is 1.96. The number of amides is 1. The van der Waals surface area contributed by atoms with Crippen LogP contribution in [0.25, 0.3) is 0 Å². The zero-order valence-electron chi connectivity index (χ0n) is 12.0. The quantitative estimate of drug-likeness (QED) is 0.655. The number of hydrogen-bond acceptors (Lipinski definition) is 3. The van der Waals surface area contributed by atoms with Crippen LogP contribution in [0, 0.1) is 13.8 Å². The molecule has 6 heteroatoms. The first-order valence-corrected chi connectivity index (χ1v) is 7.22. The number of carbonyl (C=O) groups is 1. The molecular formula is C16H14Cl2N2O2. The Balaban J connectivity index is 2.10. The molecule has 2 aromatic carbocycles. The number of nitrogens with zero attached hydrogens (tertiary/aromatic N) is 1. The van der Waals surface area contributed by atoms with Crippen molar-refractivity contribution in [3.05, 3.63) is 62.6 Å². The van der Waals surface area contributed by atoms with Crippen LogP contribution in [0.4, 0.5) is 0 Å². The molecule has 1 amide bonds. The van der Waals surface area contributed by atoms with Crippen molar-refractivity contribution in [3.63, 3.8) is 0 Å². The van der Waals surface area contributed by atoms with Crippen molar-refractivity contribution in [2.75, 3.05) is 0 Å². The molecule has 0 bridgehead atoms. The van der Waals surface area contributed by atoms with E-state index in [9.17, 15) is 9.90 Å². The Morgan fingerprint density at radius 3 is 2.41 bits per heavy atom. The number of carbonyl (C=O) groups excluding carboxylic acids is 1. The maximum Gasteiger partial charge on any atom is 0.272 e. The second-order valence-corrected chi connectivity index (χ2v) is 5.67. The molecule has 22 heavy (non-hydrogen) atoms. The van der Waals surface area contributed by atoms with Gasteiger partial charge in [-0.25, -0.2) is 5.43 Å². The lowest BCUT2D eigenvalue weighted by molar-refractivity contribution is 0.0955. The molecule has 0 aliphatic rings. The number of nitrogens with one attached hydrogen (secondary N) is 1. The van der Waals surface area contributed by atoms with Gasteiger partial charge in [0.2, 0.25) is 0 Å². The molecule has 0 fully saturated rings. The van der Waals surface area contributed by atoms with Gasteiger partial charge in [0.15, 0.2) is 0 Å². The molecule has 0 radical (unpaired) electrons. The molecule has 0 heterocycles. The molecule has 0 aliphatic heterocycles. The molecule has 0 saturated carbocycles. The van der Waals surface area contributed by atoms with Crippen LogP contribution in [-0.4, -0.2) is 17.2 Å². The maximum atomic E-state index is 12.0. The van der Waals surface area contributed by atoms with Crippen LogP contribution in [0.2, 0.25) is 10.0 Å². The minimum atomic E-state index is -0.426. The summed E-state index contributed by atoms with van der Waals surface area (Å²) in [6.45, 7) is 3.59. The Labute approximate surface area is 138 Å². The number of aryl methyl sites for hydroxylation is 2. The third kappa shape index (κ3) is 3.78. The van der Waals surface area contributed by atoms with Crippen LogP contribution >= 0.6 is 23.2 Å². The Morgan fingerprint density at radius 2 is 1.82 bits per heavy atom. The average Bonchev–Trinajstić information content (AvgIpc) is 2.44. The Morgan fingerprint density at radius 1 is 1.18 bits per heavy atom. The molecule has 0 aromatic heterocycles. The number of phenolic OH excluding ortho intramolecular Hbond substituents is 1. The Kier molecular flexibility index (Phi) is 5.06. The number of aromatic hydroxyl groups is 1. The van der Waals surface area contributed by atoms with E-state index in [4.69, 9.17) is 23.2 Å². The summed E-state index contributed by atoms with van der Waals surface area (Å²) in [6.07, 6.45) is 1.50. The predicted molar refractivity (Wildman–Crippen MR) is 89.1 cm³/mol. The highest BCUT2D eigenvalue weighted by Gasteiger charge is 2.09. The van der Waals surface area contributed by atoms with Gasteiger partial charge in [0.05, 0.1) is 16.8 Å². The van der Waals surface area contributed by atoms with Crippen molar-refractivity contribution in [2.24, 2.45) is 5.10 Å². The Hall–Kier alpha value is -2.04. The van der Waals surface area contributed by atoms with E-state index in [1.165, 1.54) is 18.3 Å². The SMILES string of the molecule is Cc1cc(/C=N/NC(=O)c2ccc(Cl)cc2Cl)cc(C)c1O. The fourth-order valence-corrected chi connectivity index (χ4v) is 2.46. The van der Waals surface area contributed by atoms with Gasteiger partial charge in [-0.2, -0.15) is 5.10 Å². The summed E-state index contributed by atoms with van der Waals surface area (Å²) in [7, 11) is 0. The van der Waals surface area contributed by atoms with Crippen molar-refractivity contribution in [1.29, 1.82) is 0 Å². The van der Waals surface area contributed by atoms with E-state index < -0.39 is 5.91 Å². The largest absolute Gasteiger partial charge is 0.507 e. The van der Waals surface area contributed by atoms with Crippen LogP contribution < -0.4 is 5.43 Å². The summed E-state index contributed by atoms with van der Waals surface area (Å²) in [5, 5.41) is 14.3. The van der Waals surface area contributed by atoms with Crippen molar-refractivity contribution in [1.82, 2.24) is 5.43 Å². The number of benzene rings is 2. The molecule has 0 atom stereocenters. The lowest BCUT2D eigenvalue weighted by Gasteiger charge is -2.05. The number of rotatable bonds is 3. The third-order valence-corrected chi connectivity index (χ3v) is 3.62. The lowest BCUT2D eigenvalue weighted by Crippen LogP contribution is -2.18. The second-order valence-electron chi connectivity index (χ2n) is 4.83. The van der Waals surface area contributed by atoms with E-state index in [2.05, 4.69) is 10.5 Å². The van der Waals surface area contributed by atoms with Crippen molar-refractivity contribution in [3.8, 4) is 5.75 Å². The molecule has 114 valence electrons. The van der Waals surface area contributed by atoms with E-state index in [0.29, 0.717) is 10.6 Å². The number of phenols is 1. The van der Waals surface area contributed by atoms with E-state index >= 15 is 0 Å². The van der Waals surface area contributed by atoms with E-state index in [1.807, 2.05) is 0 Å². The van der Waals surface area contributed by atoms with Crippen LogP contribution in [0.1, 0.15) is 27.0 Å². The van der Waals surface area contributed by atoms with E-state index in [1.54, 1.807) is 32.0 Å². The van der Waals surface area contributed by atoms with Crippen LogP contribution in [0.5, 0.6) is 5.75 Å². The first kappa shape index (κ1) is 16.3. The van der Waals surface area contributed by atoms with Gasteiger partial charge in [0, 0.05) is 5.02 Å². The average molecular weight is 337 g/mol. The summed E-state index contributed by atoms with van der Waals surface area (Å²) in [5.74, 6) is -0.167. The minimum Gasteiger partial charge on any atom is -0.507 e. The van der Waals surface area contributed by atoms with E-state index in [0.717, 1.165) is 16.7 Å². The topological polar surface area (TPSA) is 61.7 Å². The van der Waals surface area contributed by atoms with Gasteiger partial charge in [0.1, 0.15) is 5.75 Å². The molecular weight excluding hydrogens is 323 g/mol. The monoisotopic (exact) mass is 336 g/mol. The van der Waals surface area contributed by atoms with Gasteiger partial charge in [0.25, 0.3) is 5.91 Å². The molecule has 0 unspecified atom stereocenters. The molecule has 0 saturated heterocycles. The zero-order valence-corrected chi connectivity index (χ0v) is 13.5. The van der Waals surface area contributed by atoms with Gasteiger partial charge < -0.3 is 5.11 Å². The summed E-state index contributed by atoms with van der Waals surface area (Å²) in [5.41, 5.74) is 4.96. The molecule has 0 spiro atoms. The lowest BCUT2D eigenvalue weighted by atomic mass is 10.1. The van der Waals surface area contributed by atoms with Crippen LogP contribution in [0.3, 0.4) is 0 Å². The Bertz CT molecular complexity index is 735. The number of hydrogen-bond donors (Lipinski definition) is 2. The first-order valence-electron chi connectivity index (χ1n) is 6.47. The van der Waals surface area contributed by atoms with Gasteiger partial charge in [-0.1, -0.05) is 23.2 Å². The van der Waals surface area contributed by atoms with Crippen LogP contribution in [-0.2, 0) is 0 Å². The normalized spacial score (nSPS) is 10.9. The second kappa shape index (κ2) is 6.81. The molecule has 0 aliphatic carbocycles. The zero-order chi connectivity index (χ0) is 16.3. The molecule has 2 rings (SSSR count). The highest BCUT2D eigenvalue weighted by Crippen LogP contribution is 2.22. The van der Waals surface area contributed by atoms with Crippen LogP contribution in [0.15, 0.2) is 35.4 Å². The smallest absolute Gasteiger partial charge is 0.272 e. The highest BCUT2D eigenvalue weighted by atomic mass is 35.5. The summed E-state index contributed by atoms with van der Waals surface area (Å²) in [4.78, 5) is 12.0. The summed E-state index contributed by atoms with van der Waals surface area (Å²) >= 11 is 11.7. The van der Waals surface area contributed by atoms with E-state index in [-0.39, 0.29) is 10.8 Å². The molecule has 2 aromatic rings.